The smallest absolute Gasteiger partial charge is 0.410 e. The largest absolute Gasteiger partial charge is 0.445 e. The zero-order chi connectivity index (χ0) is 15.8. The van der Waals surface area contributed by atoms with Gasteiger partial charge >= 0.3 is 6.09 Å². The number of ether oxygens (including phenoxy) is 1. The summed E-state index contributed by atoms with van der Waals surface area (Å²) in [4.78, 5) is 13.7. The summed E-state index contributed by atoms with van der Waals surface area (Å²) in [5.41, 5.74) is 3.10. The van der Waals surface area contributed by atoms with Gasteiger partial charge in [0, 0.05) is 13.1 Å². The van der Waals surface area contributed by atoms with Crippen molar-refractivity contribution in [1.29, 1.82) is 0 Å². The summed E-state index contributed by atoms with van der Waals surface area (Å²) < 4.78 is 5.32. The molecule has 0 aliphatic rings. The highest BCUT2D eigenvalue weighted by Gasteiger charge is 2.15. The number of aliphatic hydroxyl groups is 1. The van der Waals surface area contributed by atoms with E-state index in [1.807, 2.05) is 61.5 Å². The number of hydrogen-bond acceptors (Lipinski definition) is 3. The topological polar surface area (TPSA) is 49.8 Å². The molecule has 0 saturated carbocycles. The van der Waals surface area contributed by atoms with Gasteiger partial charge in [-0.25, -0.2) is 4.79 Å². The van der Waals surface area contributed by atoms with Crippen LogP contribution in [0.5, 0.6) is 0 Å². The van der Waals surface area contributed by atoms with Crippen molar-refractivity contribution >= 4 is 6.09 Å². The SMILES string of the molecule is Cc1cccc(CN(CCO)C(=O)OCc2ccccc2)c1. The number of amides is 1. The molecule has 0 aliphatic heterocycles. The second-order valence-corrected chi connectivity index (χ2v) is 5.17. The normalized spacial score (nSPS) is 10.3. The van der Waals surface area contributed by atoms with E-state index in [9.17, 15) is 4.79 Å². The van der Waals surface area contributed by atoms with Crippen LogP contribution < -0.4 is 0 Å². The third-order valence-corrected chi connectivity index (χ3v) is 3.29. The molecule has 2 aromatic rings. The van der Waals surface area contributed by atoms with Gasteiger partial charge < -0.3 is 14.7 Å². The fraction of sp³-hybridized carbons (Fsp3) is 0.278. The Morgan fingerprint density at radius 2 is 1.82 bits per heavy atom. The molecule has 0 spiro atoms. The van der Waals surface area contributed by atoms with Crippen molar-refractivity contribution < 1.29 is 14.6 Å². The lowest BCUT2D eigenvalue weighted by atomic mass is 10.1. The molecule has 0 aliphatic carbocycles. The lowest BCUT2D eigenvalue weighted by Crippen LogP contribution is -2.33. The first-order valence-corrected chi connectivity index (χ1v) is 7.31. The minimum atomic E-state index is -0.417. The van der Waals surface area contributed by atoms with Crippen LogP contribution in [0.3, 0.4) is 0 Å². The van der Waals surface area contributed by atoms with E-state index in [-0.39, 0.29) is 19.8 Å². The number of carbonyl (C=O) groups is 1. The van der Waals surface area contributed by atoms with E-state index in [1.54, 1.807) is 0 Å². The maximum Gasteiger partial charge on any atom is 0.410 e. The van der Waals surface area contributed by atoms with Crippen LogP contribution >= 0.6 is 0 Å². The molecule has 0 aromatic heterocycles. The molecule has 0 saturated heterocycles. The highest BCUT2D eigenvalue weighted by Crippen LogP contribution is 2.10. The molecule has 0 bridgehead atoms. The van der Waals surface area contributed by atoms with Crippen molar-refractivity contribution in [1.82, 2.24) is 4.90 Å². The van der Waals surface area contributed by atoms with Gasteiger partial charge in [-0.15, -0.1) is 0 Å². The third-order valence-electron chi connectivity index (χ3n) is 3.29. The summed E-state index contributed by atoms with van der Waals surface area (Å²) in [6, 6.07) is 17.5. The average Bonchev–Trinajstić information content (AvgIpc) is 2.53. The predicted octanol–water partition coefficient (Wildman–Crippen LogP) is 3.13. The first-order chi connectivity index (χ1) is 10.7. The number of nitrogens with zero attached hydrogens (tertiary/aromatic N) is 1. The van der Waals surface area contributed by atoms with Crippen molar-refractivity contribution in [2.45, 2.75) is 20.1 Å². The molecule has 116 valence electrons. The van der Waals surface area contributed by atoms with Gasteiger partial charge in [0.2, 0.25) is 0 Å². The summed E-state index contributed by atoms with van der Waals surface area (Å²) >= 11 is 0. The second kappa shape index (κ2) is 8.20. The molecule has 22 heavy (non-hydrogen) atoms. The molecule has 1 N–H and O–H groups in total. The highest BCUT2D eigenvalue weighted by atomic mass is 16.6. The van der Waals surface area contributed by atoms with Gasteiger partial charge in [0.15, 0.2) is 0 Å². The second-order valence-electron chi connectivity index (χ2n) is 5.17. The molecule has 0 atom stereocenters. The van der Waals surface area contributed by atoms with E-state index in [2.05, 4.69) is 0 Å². The molecule has 2 aromatic carbocycles. The van der Waals surface area contributed by atoms with Gasteiger partial charge in [-0.1, -0.05) is 60.2 Å². The molecule has 1 amide bonds. The van der Waals surface area contributed by atoms with E-state index in [0.717, 1.165) is 16.7 Å². The molecule has 0 heterocycles. The van der Waals surface area contributed by atoms with Gasteiger partial charge in [0.05, 0.1) is 6.61 Å². The maximum atomic E-state index is 12.2. The van der Waals surface area contributed by atoms with Crippen LogP contribution in [0.25, 0.3) is 0 Å². The zero-order valence-corrected chi connectivity index (χ0v) is 12.7. The molecule has 0 fully saturated rings. The Bertz CT molecular complexity index is 598. The van der Waals surface area contributed by atoms with E-state index in [4.69, 9.17) is 9.84 Å². The molecule has 4 heteroatoms. The van der Waals surface area contributed by atoms with E-state index < -0.39 is 6.09 Å². The Labute approximate surface area is 131 Å². The molecule has 2 rings (SSSR count). The van der Waals surface area contributed by atoms with Gasteiger partial charge in [-0.05, 0) is 18.1 Å². The van der Waals surface area contributed by atoms with Crippen molar-refractivity contribution in [3.8, 4) is 0 Å². The Morgan fingerprint density at radius 3 is 2.50 bits per heavy atom. The number of aliphatic hydroxyl groups excluding tert-OH is 1. The van der Waals surface area contributed by atoms with Crippen molar-refractivity contribution in [3.63, 3.8) is 0 Å². The average molecular weight is 299 g/mol. The lowest BCUT2D eigenvalue weighted by Gasteiger charge is -2.21. The van der Waals surface area contributed by atoms with Crippen molar-refractivity contribution in [3.05, 3.63) is 71.3 Å². The predicted molar refractivity (Wildman–Crippen MR) is 85.3 cm³/mol. The minimum Gasteiger partial charge on any atom is -0.445 e. The van der Waals surface area contributed by atoms with Crippen LogP contribution in [0.1, 0.15) is 16.7 Å². The monoisotopic (exact) mass is 299 g/mol. The van der Waals surface area contributed by atoms with E-state index in [1.165, 1.54) is 4.90 Å². The third kappa shape index (κ3) is 4.90. The number of hydrogen-bond donors (Lipinski definition) is 1. The first-order valence-electron chi connectivity index (χ1n) is 7.31. The minimum absolute atomic E-state index is 0.0910. The molecular weight excluding hydrogens is 278 g/mol. The van der Waals surface area contributed by atoms with Crippen LogP contribution in [0.15, 0.2) is 54.6 Å². The van der Waals surface area contributed by atoms with Gasteiger partial charge in [-0.3, -0.25) is 0 Å². The zero-order valence-electron chi connectivity index (χ0n) is 12.7. The van der Waals surface area contributed by atoms with Crippen LogP contribution in [0.4, 0.5) is 4.79 Å². The quantitative estimate of drug-likeness (QED) is 0.891. The van der Waals surface area contributed by atoms with Crippen LogP contribution in [-0.2, 0) is 17.9 Å². The summed E-state index contributed by atoms with van der Waals surface area (Å²) in [6.07, 6.45) is -0.417. The van der Waals surface area contributed by atoms with Gasteiger partial charge in [0.25, 0.3) is 0 Å². The molecule has 0 radical (unpaired) electrons. The van der Waals surface area contributed by atoms with Crippen LogP contribution in [0, 0.1) is 6.92 Å². The Kier molecular flexibility index (Phi) is 5.98. The Balaban J connectivity index is 1.96. The van der Waals surface area contributed by atoms with E-state index >= 15 is 0 Å². The Morgan fingerprint density at radius 1 is 1.09 bits per heavy atom. The maximum absolute atomic E-state index is 12.2. The first kappa shape index (κ1) is 16.0. The van der Waals surface area contributed by atoms with E-state index in [0.29, 0.717) is 6.54 Å². The molecule has 0 unspecified atom stereocenters. The van der Waals surface area contributed by atoms with Gasteiger partial charge in [-0.2, -0.15) is 0 Å². The number of benzene rings is 2. The summed E-state index contributed by atoms with van der Waals surface area (Å²) in [5, 5.41) is 9.15. The standard InChI is InChI=1S/C18H21NO3/c1-15-6-5-9-17(12-15)13-19(10-11-20)18(21)22-14-16-7-3-2-4-8-16/h2-9,12,20H,10-11,13-14H2,1H3. The fourth-order valence-electron chi connectivity index (χ4n) is 2.20. The Hall–Kier alpha value is -2.33. The summed E-state index contributed by atoms with van der Waals surface area (Å²) in [5.74, 6) is 0. The van der Waals surface area contributed by atoms with Crippen LogP contribution in [-0.4, -0.2) is 29.3 Å². The number of aryl methyl sites for hydroxylation is 1. The molecular formula is C18H21NO3. The summed E-state index contributed by atoms with van der Waals surface area (Å²) in [6.45, 7) is 2.83. The fourth-order valence-corrected chi connectivity index (χ4v) is 2.20. The highest BCUT2D eigenvalue weighted by molar-refractivity contribution is 5.67. The van der Waals surface area contributed by atoms with Crippen molar-refractivity contribution in [2.24, 2.45) is 0 Å². The van der Waals surface area contributed by atoms with Crippen molar-refractivity contribution in [2.75, 3.05) is 13.2 Å². The lowest BCUT2D eigenvalue weighted by molar-refractivity contribution is 0.0859. The van der Waals surface area contributed by atoms with Crippen LogP contribution in [0.2, 0.25) is 0 Å². The number of carbonyl (C=O) groups excluding carboxylic acids is 1. The summed E-state index contributed by atoms with van der Waals surface area (Å²) in [7, 11) is 0. The van der Waals surface area contributed by atoms with Gasteiger partial charge in [0.1, 0.15) is 6.61 Å². The number of rotatable bonds is 6. The molecule has 4 nitrogen and oxygen atoms in total.